The van der Waals surface area contributed by atoms with Crippen LogP contribution in [-0.4, -0.2) is 71.2 Å². The molecule has 0 radical (unpaired) electrons. The first-order valence-electron chi connectivity index (χ1n) is 20.4. The van der Waals surface area contributed by atoms with Gasteiger partial charge in [0.05, 0.1) is 30.1 Å². The first kappa shape index (κ1) is 39.8. The normalized spacial score (nSPS) is 29.9. The third-order valence-corrected chi connectivity index (χ3v) is 14.4. The molecule has 2 saturated carbocycles. The highest BCUT2D eigenvalue weighted by atomic mass is 32.2. The molecule has 54 heavy (non-hydrogen) atoms. The van der Waals surface area contributed by atoms with Gasteiger partial charge in [-0.25, -0.2) is 0 Å². The van der Waals surface area contributed by atoms with E-state index in [0.717, 1.165) is 91.9 Å². The molecule has 3 aliphatic carbocycles. The average molecular weight is 778 g/mol. The van der Waals surface area contributed by atoms with Crippen molar-refractivity contribution in [1.29, 1.82) is 0 Å². The molecule has 5 aliphatic rings. The quantitative estimate of drug-likeness (QED) is 0.0663. The number of rotatable bonds is 18. The lowest BCUT2D eigenvalue weighted by atomic mass is 9.56. The van der Waals surface area contributed by atoms with Crippen LogP contribution < -0.4 is 9.47 Å². The monoisotopic (exact) mass is 777 g/mol. The van der Waals surface area contributed by atoms with Crippen molar-refractivity contribution >= 4 is 29.2 Å². The number of aliphatic hydroxyl groups is 2. The highest BCUT2D eigenvalue weighted by molar-refractivity contribution is 8.00. The van der Waals surface area contributed by atoms with Crippen LogP contribution in [0.15, 0.2) is 76.8 Å². The summed E-state index contributed by atoms with van der Waals surface area (Å²) in [4.78, 5) is 7.46. The minimum absolute atomic E-state index is 0.0251. The van der Waals surface area contributed by atoms with Crippen molar-refractivity contribution in [2.75, 3.05) is 32.7 Å². The van der Waals surface area contributed by atoms with Gasteiger partial charge in [0.25, 0.3) is 0 Å². The van der Waals surface area contributed by atoms with E-state index < -0.39 is 5.79 Å². The number of allylic oxidation sites excluding steroid dienone is 1. The second kappa shape index (κ2) is 19.1. The lowest BCUT2D eigenvalue weighted by Gasteiger charge is -2.58. The molecule has 1 saturated heterocycles. The van der Waals surface area contributed by atoms with E-state index in [1.54, 1.807) is 11.8 Å². The minimum atomic E-state index is -0.952. The molecule has 8 nitrogen and oxygen atoms in total. The van der Waals surface area contributed by atoms with Crippen molar-refractivity contribution in [2.45, 2.75) is 123 Å². The second-order valence-corrected chi connectivity index (χ2v) is 17.9. The fourth-order valence-electron chi connectivity index (χ4n) is 9.46. The van der Waals surface area contributed by atoms with Crippen LogP contribution in [0.3, 0.4) is 0 Å². The number of hydrogen-bond acceptors (Lipinski definition) is 10. The largest absolute Gasteiger partial charge is 0.460 e. The Kier molecular flexibility index (Phi) is 14.1. The van der Waals surface area contributed by atoms with Gasteiger partial charge in [0.2, 0.25) is 12.1 Å². The van der Waals surface area contributed by atoms with Crippen molar-refractivity contribution < 1.29 is 34.0 Å². The SMILES string of the molecule is C=CCOC12Oc3ccc(Oc4ccc(SC)cc4)cc3C3C(CCCCO)C(CCCCO)C=C(C(=NOC4CCCCO4)CC1SC1CCCC1)C32. The number of oxime groups is 1. The van der Waals surface area contributed by atoms with Crippen LogP contribution in [0.25, 0.3) is 0 Å². The molecule has 7 unspecified atom stereocenters. The third kappa shape index (κ3) is 8.89. The van der Waals surface area contributed by atoms with Gasteiger partial charge >= 0.3 is 0 Å². The lowest BCUT2D eigenvalue weighted by Crippen LogP contribution is -2.64. The predicted molar refractivity (Wildman–Crippen MR) is 218 cm³/mol. The molecule has 0 aromatic heterocycles. The summed E-state index contributed by atoms with van der Waals surface area (Å²) in [6.07, 6.45) is 19.8. The molecular weight excluding hydrogens is 719 g/mol. The van der Waals surface area contributed by atoms with Crippen molar-refractivity contribution in [3.8, 4) is 17.2 Å². The van der Waals surface area contributed by atoms with Crippen LogP contribution in [0.1, 0.15) is 101 Å². The maximum Gasteiger partial charge on any atom is 0.230 e. The van der Waals surface area contributed by atoms with Gasteiger partial charge in [-0.1, -0.05) is 43.0 Å². The van der Waals surface area contributed by atoms with E-state index in [4.69, 9.17) is 28.9 Å². The maximum atomic E-state index is 9.93. The van der Waals surface area contributed by atoms with E-state index in [9.17, 15) is 10.2 Å². The summed E-state index contributed by atoms with van der Waals surface area (Å²) in [6, 6.07) is 14.5. The molecule has 2 heterocycles. The number of unbranched alkanes of at least 4 members (excludes halogenated alkanes) is 2. The Balaban J connectivity index is 1.37. The topological polar surface area (TPSA) is 99.0 Å². The smallest absolute Gasteiger partial charge is 0.230 e. The van der Waals surface area contributed by atoms with Crippen molar-refractivity contribution in [1.82, 2.24) is 0 Å². The summed E-state index contributed by atoms with van der Waals surface area (Å²) >= 11 is 3.74. The number of fused-ring (bicyclic) bond motifs is 2. The summed E-state index contributed by atoms with van der Waals surface area (Å²) in [5.74, 6) is 1.81. The minimum Gasteiger partial charge on any atom is -0.460 e. The van der Waals surface area contributed by atoms with E-state index in [0.29, 0.717) is 24.9 Å². The first-order chi connectivity index (χ1) is 26.6. The number of hydrogen-bond donors (Lipinski definition) is 2. The molecule has 2 aromatic rings. The van der Waals surface area contributed by atoms with E-state index in [-0.39, 0.29) is 48.4 Å². The predicted octanol–water partition coefficient (Wildman–Crippen LogP) is 10.0. The Labute approximate surface area is 330 Å². The van der Waals surface area contributed by atoms with Crippen molar-refractivity contribution in [3.63, 3.8) is 0 Å². The highest BCUT2D eigenvalue weighted by Crippen LogP contribution is 2.63. The zero-order chi connectivity index (χ0) is 37.3. The Hall–Kier alpha value is -2.47. The van der Waals surface area contributed by atoms with Gasteiger partial charge in [-0.3, -0.25) is 0 Å². The molecule has 7 atom stereocenters. The third-order valence-electron chi connectivity index (χ3n) is 12.0. The number of thioether (sulfide) groups is 2. The van der Waals surface area contributed by atoms with Gasteiger partial charge < -0.3 is 34.0 Å². The van der Waals surface area contributed by atoms with E-state index in [1.807, 2.05) is 36.0 Å². The summed E-state index contributed by atoms with van der Waals surface area (Å²) in [5, 5.41) is 25.3. The van der Waals surface area contributed by atoms with E-state index >= 15 is 0 Å². The lowest BCUT2D eigenvalue weighted by molar-refractivity contribution is -0.223. The first-order valence-corrected chi connectivity index (χ1v) is 22.6. The van der Waals surface area contributed by atoms with Crippen LogP contribution in [0, 0.1) is 17.8 Å². The fourth-order valence-corrected chi connectivity index (χ4v) is 11.6. The zero-order valence-corrected chi connectivity index (χ0v) is 33.5. The van der Waals surface area contributed by atoms with Crippen LogP contribution >= 0.6 is 23.5 Å². The molecule has 7 rings (SSSR count). The second-order valence-electron chi connectivity index (χ2n) is 15.5. The zero-order valence-electron chi connectivity index (χ0n) is 31.9. The Morgan fingerprint density at radius 3 is 2.43 bits per heavy atom. The van der Waals surface area contributed by atoms with Gasteiger partial charge in [0.1, 0.15) is 17.2 Å². The molecule has 10 heteroatoms. The Morgan fingerprint density at radius 1 is 0.944 bits per heavy atom. The molecular formula is C44H59NO7S2. The Bertz CT molecular complexity index is 1590. The molecule has 0 spiro atoms. The van der Waals surface area contributed by atoms with E-state index in [2.05, 4.69) is 43.2 Å². The fraction of sp³-hybridized carbons (Fsp3) is 0.614. The van der Waals surface area contributed by atoms with Gasteiger partial charge in [0.15, 0.2) is 0 Å². The van der Waals surface area contributed by atoms with Crippen molar-refractivity contribution in [3.05, 3.63) is 72.3 Å². The summed E-state index contributed by atoms with van der Waals surface area (Å²) in [6.45, 7) is 5.50. The maximum absolute atomic E-state index is 9.93. The number of ether oxygens (including phenoxy) is 4. The summed E-state index contributed by atoms with van der Waals surface area (Å²) in [5.41, 5.74) is 3.26. The Morgan fingerprint density at radius 2 is 1.70 bits per heavy atom. The van der Waals surface area contributed by atoms with Gasteiger partial charge in [-0.2, -0.15) is 0 Å². The summed E-state index contributed by atoms with van der Waals surface area (Å²) in [7, 11) is 0. The molecule has 0 amide bonds. The summed E-state index contributed by atoms with van der Waals surface area (Å²) < 4.78 is 27.0. The number of aliphatic hydroxyl groups excluding tert-OH is 2. The molecule has 0 bridgehead atoms. The van der Waals surface area contributed by atoms with Gasteiger partial charge in [0, 0.05) is 47.7 Å². The van der Waals surface area contributed by atoms with Crippen LogP contribution in [-0.2, 0) is 14.3 Å². The molecule has 2 aliphatic heterocycles. The van der Waals surface area contributed by atoms with Crippen molar-refractivity contribution in [2.24, 2.45) is 22.9 Å². The van der Waals surface area contributed by atoms with Gasteiger partial charge in [-0.05, 0) is 117 Å². The van der Waals surface area contributed by atoms with Gasteiger partial charge in [-0.15, -0.1) is 30.1 Å². The van der Waals surface area contributed by atoms with E-state index in [1.165, 1.54) is 30.6 Å². The molecule has 294 valence electrons. The standard InChI is InChI=1S/C44H59NO7S2/c1-3-25-49-44-40(54-34-13-4-5-14-34)29-38(45-52-41-16-8-11-26-48-41)36-27-30(12-6-9-23-46)35(15-7-10-24-47)42(43(36)44)37-28-32(19-22-39(37)51-44)50-31-17-20-33(53-2)21-18-31/h3,17-22,27-28,30,34-35,40-43,46-47H,1,4-16,23-26,29H2,2H3. The van der Waals surface area contributed by atoms with Crippen LogP contribution in [0.2, 0.25) is 0 Å². The number of nitrogens with zero attached hydrogens (tertiary/aromatic N) is 1. The highest BCUT2D eigenvalue weighted by Gasteiger charge is 2.64. The van der Waals surface area contributed by atoms with Crippen LogP contribution in [0.4, 0.5) is 0 Å². The number of benzene rings is 2. The molecule has 2 aromatic carbocycles. The molecule has 3 fully saturated rings. The average Bonchev–Trinajstić information content (AvgIpc) is 3.72. The molecule has 2 N–H and O–H groups in total. The van der Waals surface area contributed by atoms with Crippen LogP contribution in [0.5, 0.6) is 17.2 Å².